The van der Waals surface area contributed by atoms with Crippen LogP contribution in [0.5, 0.6) is 0 Å². The molecule has 0 saturated heterocycles. The zero-order valence-corrected chi connectivity index (χ0v) is 8.74. The number of nitrogens with zero attached hydrogens (tertiary/aromatic N) is 1. The van der Waals surface area contributed by atoms with Crippen molar-refractivity contribution in [1.29, 1.82) is 5.26 Å². The molecule has 0 aliphatic carbocycles. The lowest BCUT2D eigenvalue weighted by molar-refractivity contribution is -0.140. The van der Waals surface area contributed by atoms with Crippen LogP contribution in [0, 0.1) is 11.3 Å². The van der Waals surface area contributed by atoms with Gasteiger partial charge in [0.15, 0.2) is 0 Å². The summed E-state index contributed by atoms with van der Waals surface area (Å²) in [5.41, 5.74) is -0.220. The van der Waals surface area contributed by atoms with Crippen LogP contribution in [0.4, 0.5) is 5.69 Å². The SMILES string of the molecule is CCOC(=O)CNc1cc[nH]c(=O)c1C#N. The smallest absolute Gasteiger partial charge is 0.325 e. The molecule has 2 N–H and O–H groups in total. The molecule has 1 heterocycles. The Balaban J connectivity index is 2.75. The summed E-state index contributed by atoms with van der Waals surface area (Å²) in [7, 11) is 0. The number of carbonyl (C=O) groups excluding carboxylic acids is 1. The van der Waals surface area contributed by atoms with Gasteiger partial charge in [0, 0.05) is 6.20 Å². The van der Waals surface area contributed by atoms with E-state index >= 15 is 0 Å². The average Bonchev–Trinajstić information content (AvgIpc) is 2.27. The lowest BCUT2D eigenvalue weighted by atomic mass is 10.2. The highest BCUT2D eigenvalue weighted by molar-refractivity contribution is 5.75. The van der Waals surface area contributed by atoms with Gasteiger partial charge in [-0.3, -0.25) is 9.59 Å². The molecule has 6 nitrogen and oxygen atoms in total. The van der Waals surface area contributed by atoms with E-state index in [1.807, 2.05) is 0 Å². The lowest BCUT2D eigenvalue weighted by Gasteiger charge is -2.06. The van der Waals surface area contributed by atoms with E-state index in [4.69, 9.17) is 10.00 Å². The molecule has 0 aromatic carbocycles. The van der Waals surface area contributed by atoms with Gasteiger partial charge >= 0.3 is 5.97 Å². The number of hydrogen-bond donors (Lipinski definition) is 2. The van der Waals surface area contributed by atoms with Gasteiger partial charge in [0.05, 0.1) is 12.3 Å². The van der Waals surface area contributed by atoms with Crippen LogP contribution in [0.2, 0.25) is 0 Å². The second kappa shape index (κ2) is 5.56. The Labute approximate surface area is 91.9 Å². The van der Waals surface area contributed by atoms with Crippen molar-refractivity contribution in [2.75, 3.05) is 18.5 Å². The Morgan fingerprint density at radius 2 is 2.44 bits per heavy atom. The summed E-state index contributed by atoms with van der Waals surface area (Å²) >= 11 is 0. The van der Waals surface area contributed by atoms with Crippen molar-refractivity contribution in [3.8, 4) is 6.07 Å². The van der Waals surface area contributed by atoms with Crippen LogP contribution in [0.25, 0.3) is 0 Å². The van der Waals surface area contributed by atoms with Crippen LogP contribution >= 0.6 is 0 Å². The zero-order chi connectivity index (χ0) is 12.0. The largest absolute Gasteiger partial charge is 0.465 e. The Morgan fingerprint density at radius 1 is 1.69 bits per heavy atom. The fourth-order valence-electron chi connectivity index (χ4n) is 1.12. The van der Waals surface area contributed by atoms with Crippen LogP contribution in [-0.4, -0.2) is 24.1 Å². The Hall–Kier alpha value is -2.29. The highest BCUT2D eigenvalue weighted by atomic mass is 16.5. The van der Waals surface area contributed by atoms with E-state index in [0.29, 0.717) is 12.3 Å². The fourth-order valence-corrected chi connectivity index (χ4v) is 1.12. The van der Waals surface area contributed by atoms with Crippen LogP contribution in [0.3, 0.4) is 0 Å². The fraction of sp³-hybridized carbons (Fsp3) is 0.300. The van der Waals surface area contributed by atoms with Crippen molar-refractivity contribution in [3.05, 3.63) is 28.2 Å². The first-order valence-electron chi connectivity index (χ1n) is 4.70. The van der Waals surface area contributed by atoms with Gasteiger partial charge in [0.25, 0.3) is 5.56 Å². The van der Waals surface area contributed by atoms with Crippen molar-refractivity contribution in [2.45, 2.75) is 6.92 Å². The monoisotopic (exact) mass is 221 g/mol. The maximum atomic E-state index is 11.2. The summed E-state index contributed by atoms with van der Waals surface area (Å²) < 4.78 is 4.70. The number of H-pyrrole nitrogens is 1. The molecule has 0 spiro atoms. The lowest BCUT2D eigenvalue weighted by Crippen LogP contribution is -2.19. The van der Waals surface area contributed by atoms with Crippen LogP contribution in [0.15, 0.2) is 17.1 Å². The third-order valence-corrected chi connectivity index (χ3v) is 1.80. The molecule has 0 atom stereocenters. The van der Waals surface area contributed by atoms with Crippen molar-refractivity contribution in [3.63, 3.8) is 0 Å². The normalized spacial score (nSPS) is 9.25. The maximum Gasteiger partial charge on any atom is 0.325 e. The van der Waals surface area contributed by atoms with E-state index in [-0.39, 0.29) is 12.1 Å². The summed E-state index contributed by atoms with van der Waals surface area (Å²) in [5.74, 6) is -0.438. The van der Waals surface area contributed by atoms with Gasteiger partial charge in [0.1, 0.15) is 18.2 Å². The topological polar surface area (TPSA) is 95.0 Å². The molecule has 0 unspecified atom stereocenters. The number of carbonyl (C=O) groups is 1. The van der Waals surface area contributed by atoms with Gasteiger partial charge in [-0.2, -0.15) is 5.26 Å². The third-order valence-electron chi connectivity index (χ3n) is 1.80. The summed E-state index contributed by atoms with van der Waals surface area (Å²) in [6, 6.07) is 3.27. The number of nitrogens with one attached hydrogen (secondary N) is 2. The minimum absolute atomic E-state index is 0.0493. The molecule has 0 amide bonds. The molecule has 6 heteroatoms. The van der Waals surface area contributed by atoms with Crippen molar-refractivity contribution in [2.24, 2.45) is 0 Å². The van der Waals surface area contributed by atoms with Gasteiger partial charge in [-0.05, 0) is 13.0 Å². The van der Waals surface area contributed by atoms with Gasteiger partial charge in [-0.15, -0.1) is 0 Å². The van der Waals surface area contributed by atoms with Crippen molar-refractivity contribution in [1.82, 2.24) is 4.98 Å². The number of nitriles is 1. The second-order valence-corrected chi connectivity index (χ2v) is 2.87. The van der Waals surface area contributed by atoms with E-state index in [0.717, 1.165) is 0 Å². The Morgan fingerprint density at radius 3 is 3.06 bits per heavy atom. The second-order valence-electron chi connectivity index (χ2n) is 2.87. The van der Waals surface area contributed by atoms with Crippen LogP contribution in [0.1, 0.15) is 12.5 Å². The third kappa shape index (κ3) is 2.85. The highest BCUT2D eigenvalue weighted by Gasteiger charge is 2.07. The molecular weight excluding hydrogens is 210 g/mol. The molecule has 1 rings (SSSR count). The molecule has 0 fully saturated rings. The van der Waals surface area contributed by atoms with Crippen molar-refractivity contribution < 1.29 is 9.53 Å². The van der Waals surface area contributed by atoms with Gasteiger partial charge in [-0.1, -0.05) is 0 Å². The first-order valence-corrected chi connectivity index (χ1v) is 4.70. The minimum atomic E-state index is -0.489. The van der Waals surface area contributed by atoms with E-state index in [1.165, 1.54) is 12.3 Å². The predicted octanol–water partition coefficient (Wildman–Crippen LogP) is 0.222. The number of rotatable bonds is 4. The Kier molecular flexibility index (Phi) is 4.09. The molecule has 0 radical (unpaired) electrons. The number of aromatic nitrogens is 1. The molecular formula is C10H11N3O3. The quantitative estimate of drug-likeness (QED) is 0.709. The predicted molar refractivity (Wildman–Crippen MR) is 56.9 cm³/mol. The average molecular weight is 221 g/mol. The number of aromatic amines is 1. The van der Waals surface area contributed by atoms with Crippen LogP contribution in [-0.2, 0) is 9.53 Å². The number of hydrogen-bond acceptors (Lipinski definition) is 5. The maximum absolute atomic E-state index is 11.2. The Bertz CT molecular complexity index is 473. The van der Waals surface area contributed by atoms with Crippen LogP contribution < -0.4 is 10.9 Å². The highest BCUT2D eigenvalue weighted by Crippen LogP contribution is 2.07. The van der Waals surface area contributed by atoms with Gasteiger partial charge < -0.3 is 15.0 Å². The van der Waals surface area contributed by atoms with Gasteiger partial charge in [0.2, 0.25) is 0 Å². The van der Waals surface area contributed by atoms with Crippen molar-refractivity contribution >= 4 is 11.7 Å². The number of esters is 1. The molecule has 84 valence electrons. The molecule has 16 heavy (non-hydrogen) atoms. The van der Waals surface area contributed by atoms with E-state index in [2.05, 4.69) is 10.3 Å². The molecule has 1 aromatic heterocycles. The molecule has 0 aliphatic heterocycles. The first kappa shape index (κ1) is 11.8. The minimum Gasteiger partial charge on any atom is -0.465 e. The standard InChI is InChI=1S/C10H11N3O3/c1-2-16-9(14)6-13-8-3-4-12-10(15)7(8)5-11/h3-4H,2,6H2,1H3,(H2,12,13,15). The summed E-state index contributed by atoms with van der Waals surface area (Å²) in [4.78, 5) is 24.6. The summed E-state index contributed by atoms with van der Waals surface area (Å²) in [6.07, 6.45) is 1.40. The van der Waals surface area contributed by atoms with E-state index in [9.17, 15) is 9.59 Å². The summed E-state index contributed by atoms with van der Waals surface area (Å²) in [6.45, 7) is 1.92. The zero-order valence-electron chi connectivity index (χ0n) is 8.74. The number of ether oxygens (including phenoxy) is 1. The number of anilines is 1. The first-order chi connectivity index (χ1) is 7.69. The molecule has 0 bridgehead atoms. The van der Waals surface area contributed by atoms with Gasteiger partial charge in [-0.25, -0.2) is 0 Å². The van der Waals surface area contributed by atoms with E-state index < -0.39 is 11.5 Å². The molecule has 0 aliphatic rings. The van der Waals surface area contributed by atoms with E-state index in [1.54, 1.807) is 13.0 Å². The molecule has 0 saturated carbocycles. The molecule has 1 aromatic rings. The number of pyridine rings is 1. The summed E-state index contributed by atoms with van der Waals surface area (Å²) in [5, 5.41) is 11.4.